The number of carbonyl (C=O) groups excluding carboxylic acids is 1. The molecule has 0 unspecified atom stereocenters. The third-order valence-electron chi connectivity index (χ3n) is 2.30. The summed E-state index contributed by atoms with van der Waals surface area (Å²) in [5.74, 6) is -1.27. The van der Waals surface area contributed by atoms with E-state index in [-0.39, 0.29) is 17.7 Å². The summed E-state index contributed by atoms with van der Waals surface area (Å²) >= 11 is 0. The molecule has 5 nitrogen and oxygen atoms in total. The Morgan fingerprint density at radius 2 is 1.80 bits per heavy atom. The molecule has 1 aromatic heterocycles. The first-order chi connectivity index (χ1) is 7.10. The van der Waals surface area contributed by atoms with Crippen LogP contribution in [0.5, 0.6) is 11.8 Å². The van der Waals surface area contributed by atoms with Gasteiger partial charge in [-0.05, 0) is 12.8 Å². The predicted octanol–water partition coefficient (Wildman–Crippen LogP) is 1.29. The molecule has 1 heterocycles. The standard InChI is InChI=1S/C10H15NO4/c1-3-7(4-2)10(14)15-11-8(12)5-6-9(11)13/h5-7,12-13H,3-4H2,1-2H3. The molecule has 5 heteroatoms. The van der Waals surface area contributed by atoms with Crippen molar-refractivity contribution in [3.8, 4) is 11.8 Å². The highest BCUT2D eigenvalue weighted by Crippen LogP contribution is 2.20. The molecular formula is C10H15NO4. The number of nitrogens with zero attached hydrogens (tertiary/aromatic N) is 1. The van der Waals surface area contributed by atoms with Gasteiger partial charge in [-0.1, -0.05) is 13.8 Å². The van der Waals surface area contributed by atoms with Crippen molar-refractivity contribution in [2.75, 3.05) is 0 Å². The maximum atomic E-state index is 11.5. The zero-order valence-electron chi connectivity index (χ0n) is 8.80. The van der Waals surface area contributed by atoms with Crippen LogP contribution in [0.1, 0.15) is 26.7 Å². The summed E-state index contributed by atoms with van der Waals surface area (Å²) in [6.45, 7) is 3.76. The molecule has 0 bridgehead atoms. The summed E-state index contributed by atoms with van der Waals surface area (Å²) in [6.07, 6.45) is 1.33. The lowest BCUT2D eigenvalue weighted by Gasteiger charge is -2.12. The molecule has 84 valence electrons. The smallest absolute Gasteiger partial charge is 0.336 e. The van der Waals surface area contributed by atoms with E-state index in [4.69, 9.17) is 4.84 Å². The minimum absolute atomic E-state index is 0.216. The fourth-order valence-electron chi connectivity index (χ4n) is 1.28. The highest BCUT2D eigenvalue weighted by atomic mass is 16.7. The van der Waals surface area contributed by atoms with Gasteiger partial charge in [-0.3, -0.25) is 0 Å². The quantitative estimate of drug-likeness (QED) is 0.790. The summed E-state index contributed by atoms with van der Waals surface area (Å²) < 4.78 is 0.709. The molecule has 0 aliphatic rings. The Labute approximate surface area is 87.9 Å². The highest BCUT2D eigenvalue weighted by Gasteiger charge is 2.19. The monoisotopic (exact) mass is 213 g/mol. The van der Waals surface area contributed by atoms with E-state index in [0.717, 1.165) is 0 Å². The third-order valence-corrected chi connectivity index (χ3v) is 2.30. The summed E-state index contributed by atoms with van der Waals surface area (Å²) in [7, 11) is 0. The first-order valence-corrected chi connectivity index (χ1v) is 4.92. The van der Waals surface area contributed by atoms with Gasteiger partial charge in [0.05, 0.1) is 5.92 Å². The lowest BCUT2D eigenvalue weighted by Crippen LogP contribution is -2.26. The van der Waals surface area contributed by atoms with Crippen molar-refractivity contribution in [3.63, 3.8) is 0 Å². The Hall–Kier alpha value is -1.65. The Morgan fingerprint density at radius 3 is 2.20 bits per heavy atom. The van der Waals surface area contributed by atoms with Crippen molar-refractivity contribution in [1.29, 1.82) is 0 Å². The van der Waals surface area contributed by atoms with Gasteiger partial charge in [0.25, 0.3) is 0 Å². The highest BCUT2D eigenvalue weighted by molar-refractivity contribution is 5.72. The molecule has 0 spiro atoms. The van der Waals surface area contributed by atoms with Crippen molar-refractivity contribution >= 4 is 5.97 Å². The van der Waals surface area contributed by atoms with Gasteiger partial charge < -0.3 is 15.1 Å². The van der Waals surface area contributed by atoms with Crippen LogP contribution in [-0.2, 0) is 4.79 Å². The van der Waals surface area contributed by atoms with Gasteiger partial charge in [-0.25, -0.2) is 4.79 Å². The third kappa shape index (κ3) is 2.43. The van der Waals surface area contributed by atoms with Crippen LogP contribution in [0.25, 0.3) is 0 Å². The van der Waals surface area contributed by atoms with Crippen molar-refractivity contribution in [1.82, 2.24) is 4.73 Å². The molecule has 0 saturated heterocycles. The average Bonchev–Trinajstić information content (AvgIpc) is 2.51. The maximum Gasteiger partial charge on any atom is 0.336 e. The van der Waals surface area contributed by atoms with E-state index >= 15 is 0 Å². The predicted molar refractivity (Wildman–Crippen MR) is 53.4 cm³/mol. The SMILES string of the molecule is CCC(CC)C(=O)On1c(O)ccc1O. The number of rotatable bonds is 4. The van der Waals surface area contributed by atoms with Crippen molar-refractivity contribution in [3.05, 3.63) is 12.1 Å². The van der Waals surface area contributed by atoms with E-state index in [1.54, 1.807) is 0 Å². The zero-order chi connectivity index (χ0) is 11.4. The largest absolute Gasteiger partial charge is 0.492 e. The van der Waals surface area contributed by atoms with Crippen LogP contribution in [-0.4, -0.2) is 20.9 Å². The second kappa shape index (κ2) is 4.72. The van der Waals surface area contributed by atoms with E-state index in [1.807, 2.05) is 13.8 Å². The second-order valence-corrected chi connectivity index (χ2v) is 3.27. The normalized spacial score (nSPS) is 10.6. The molecule has 0 saturated carbocycles. The first-order valence-electron chi connectivity index (χ1n) is 4.92. The number of aromatic hydroxyl groups is 2. The molecule has 0 aromatic carbocycles. The molecular weight excluding hydrogens is 198 g/mol. The molecule has 0 atom stereocenters. The van der Waals surface area contributed by atoms with Gasteiger partial charge in [-0.2, -0.15) is 0 Å². The fourth-order valence-corrected chi connectivity index (χ4v) is 1.28. The molecule has 0 aliphatic heterocycles. The van der Waals surface area contributed by atoms with Crippen LogP contribution in [0.4, 0.5) is 0 Å². The topological polar surface area (TPSA) is 71.7 Å². The van der Waals surface area contributed by atoms with Crippen LogP contribution >= 0.6 is 0 Å². The van der Waals surface area contributed by atoms with Gasteiger partial charge in [0.2, 0.25) is 11.8 Å². The van der Waals surface area contributed by atoms with Gasteiger partial charge in [-0.15, -0.1) is 4.73 Å². The summed E-state index contributed by atoms with van der Waals surface area (Å²) in [6, 6.07) is 2.49. The molecule has 1 aromatic rings. The Kier molecular flexibility index (Phi) is 3.60. The van der Waals surface area contributed by atoms with Crippen LogP contribution in [0.2, 0.25) is 0 Å². The van der Waals surface area contributed by atoms with Gasteiger partial charge in [0.1, 0.15) is 0 Å². The minimum atomic E-state index is -0.457. The number of carbonyl (C=O) groups is 1. The lowest BCUT2D eigenvalue weighted by atomic mass is 10.0. The Morgan fingerprint density at radius 1 is 1.33 bits per heavy atom. The lowest BCUT2D eigenvalue weighted by molar-refractivity contribution is -0.150. The van der Waals surface area contributed by atoms with Crippen LogP contribution in [0.3, 0.4) is 0 Å². The molecule has 15 heavy (non-hydrogen) atoms. The summed E-state index contributed by atoms with van der Waals surface area (Å²) in [5.41, 5.74) is 0. The average molecular weight is 213 g/mol. The van der Waals surface area contributed by atoms with Gasteiger partial charge >= 0.3 is 5.97 Å². The molecule has 1 rings (SSSR count). The van der Waals surface area contributed by atoms with E-state index in [2.05, 4.69) is 0 Å². The molecule has 0 amide bonds. The Bertz CT molecular complexity index is 322. The number of hydrogen-bond donors (Lipinski definition) is 2. The zero-order valence-corrected chi connectivity index (χ0v) is 8.80. The summed E-state index contributed by atoms with van der Waals surface area (Å²) in [5, 5.41) is 18.5. The van der Waals surface area contributed by atoms with Crippen LogP contribution < -0.4 is 4.84 Å². The maximum absolute atomic E-state index is 11.5. The van der Waals surface area contributed by atoms with Crippen LogP contribution in [0, 0.1) is 5.92 Å². The van der Waals surface area contributed by atoms with Crippen LogP contribution in [0.15, 0.2) is 12.1 Å². The molecule has 0 radical (unpaired) electrons. The van der Waals surface area contributed by atoms with Crippen molar-refractivity contribution < 1.29 is 19.8 Å². The van der Waals surface area contributed by atoms with Gasteiger partial charge in [0.15, 0.2) is 0 Å². The molecule has 0 aliphatic carbocycles. The van der Waals surface area contributed by atoms with E-state index < -0.39 is 5.97 Å². The molecule has 2 N–H and O–H groups in total. The second-order valence-electron chi connectivity index (χ2n) is 3.27. The number of hydrogen-bond acceptors (Lipinski definition) is 4. The molecule has 0 fully saturated rings. The van der Waals surface area contributed by atoms with Gasteiger partial charge in [0, 0.05) is 12.1 Å². The van der Waals surface area contributed by atoms with Crippen molar-refractivity contribution in [2.45, 2.75) is 26.7 Å². The number of aromatic nitrogens is 1. The van der Waals surface area contributed by atoms with E-state index in [9.17, 15) is 15.0 Å². The Balaban J connectivity index is 2.74. The first kappa shape index (κ1) is 11.4. The fraction of sp³-hybridized carbons (Fsp3) is 0.500. The summed E-state index contributed by atoms with van der Waals surface area (Å²) in [4.78, 5) is 16.3. The van der Waals surface area contributed by atoms with Crippen molar-refractivity contribution in [2.24, 2.45) is 5.92 Å². The minimum Gasteiger partial charge on any atom is -0.492 e. The van der Waals surface area contributed by atoms with E-state index in [0.29, 0.717) is 17.6 Å². The van der Waals surface area contributed by atoms with E-state index in [1.165, 1.54) is 12.1 Å².